The Morgan fingerprint density at radius 3 is 2.43 bits per heavy atom. The predicted octanol–water partition coefficient (Wildman–Crippen LogP) is 1.34. The molecule has 1 atom stereocenters. The van der Waals surface area contributed by atoms with Crippen LogP contribution >= 0.6 is 0 Å². The van der Waals surface area contributed by atoms with Crippen LogP contribution in [0.2, 0.25) is 0 Å². The number of sulfonamides is 1. The van der Waals surface area contributed by atoms with Gasteiger partial charge in [-0.1, -0.05) is 0 Å². The van der Waals surface area contributed by atoms with Crippen LogP contribution in [-0.4, -0.2) is 100 Å². The average Bonchev–Trinajstić information content (AvgIpc) is 3.15. The van der Waals surface area contributed by atoms with Gasteiger partial charge in [0.25, 0.3) is 5.91 Å². The van der Waals surface area contributed by atoms with Crippen LogP contribution < -0.4 is 9.47 Å². The minimum atomic E-state index is -3.94. The Morgan fingerprint density at radius 2 is 1.78 bits per heavy atom. The van der Waals surface area contributed by atoms with E-state index >= 15 is 0 Å². The highest BCUT2D eigenvalue weighted by Gasteiger charge is 2.40. The number of esters is 1. The van der Waals surface area contributed by atoms with Crippen molar-refractivity contribution in [3.05, 3.63) is 47.2 Å². The fourth-order valence-corrected chi connectivity index (χ4v) is 6.41. The molecule has 3 heterocycles. The molecule has 1 aromatic carbocycles. The zero-order valence-electron chi connectivity index (χ0n) is 21.5. The Kier molecular flexibility index (Phi) is 8.00. The van der Waals surface area contributed by atoms with Crippen LogP contribution in [0.4, 0.5) is 0 Å². The maximum absolute atomic E-state index is 13.8. The van der Waals surface area contributed by atoms with E-state index in [1.165, 1.54) is 42.8 Å². The second-order valence-electron chi connectivity index (χ2n) is 9.03. The molecule has 1 fully saturated rings. The summed E-state index contributed by atoms with van der Waals surface area (Å²) in [6.45, 7) is 2.35. The molecule has 37 heavy (non-hydrogen) atoms. The molecule has 0 radical (unpaired) electrons. The van der Waals surface area contributed by atoms with Gasteiger partial charge in [0.2, 0.25) is 15.9 Å². The summed E-state index contributed by atoms with van der Waals surface area (Å²) in [7, 11) is 2.16. The van der Waals surface area contributed by atoms with E-state index < -0.39 is 27.9 Å². The van der Waals surface area contributed by atoms with Crippen LogP contribution in [0, 0.1) is 0 Å². The highest BCUT2D eigenvalue weighted by atomic mass is 32.2. The van der Waals surface area contributed by atoms with E-state index in [9.17, 15) is 18.0 Å². The van der Waals surface area contributed by atoms with Crippen LogP contribution in [0.15, 0.2) is 35.4 Å². The number of hydrogen-bond acceptors (Lipinski definition) is 9. The average molecular weight is 533 g/mol. The van der Waals surface area contributed by atoms with Crippen molar-refractivity contribution in [3.8, 4) is 11.6 Å². The number of nitrogens with zero attached hydrogens (tertiary/aromatic N) is 4. The summed E-state index contributed by atoms with van der Waals surface area (Å²) in [5, 5.41) is 0. The topological polar surface area (TPSA) is 119 Å². The lowest BCUT2D eigenvalue weighted by Gasteiger charge is -2.36. The van der Waals surface area contributed by atoms with Gasteiger partial charge in [-0.2, -0.15) is 4.31 Å². The lowest BCUT2D eigenvalue weighted by atomic mass is 9.91. The summed E-state index contributed by atoms with van der Waals surface area (Å²) >= 11 is 0. The Hall–Kier alpha value is -3.22. The number of carbonyl (C=O) groups is 2. The minimum Gasteiger partial charge on any atom is -0.495 e. The first-order valence-corrected chi connectivity index (χ1v) is 13.4. The number of aromatic nitrogens is 1. The number of pyridine rings is 1. The number of methoxy groups -OCH3 is 3. The number of ether oxygens (including phenoxy) is 3. The van der Waals surface area contributed by atoms with Gasteiger partial charge in [0.15, 0.2) is 6.04 Å². The number of carbonyl (C=O) groups excluding carboxylic acids is 2. The second-order valence-corrected chi connectivity index (χ2v) is 10.9. The lowest BCUT2D eigenvalue weighted by molar-refractivity contribution is -0.146. The molecule has 0 N–H and O–H groups in total. The van der Waals surface area contributed by atoms with Crippen LogP contribution in [0.25, 0.3) is 0 Å². The standard InChI is InChI=1S/C25H32N4O7S/c1-27-9-5-10-28(13-12-27)37(32,33)21-15-19-17(14-20(21)34-2)8-11-29(23(19)25(31)36-4)24(30)18-6-7-22(35-3)26-16-18/h6-7,14-16,23H,5,8-13H2,1-4H3. The molecule has 1 amide bonds. The molecule has 1 aromatic heterocycles. The summed E-state index contributed by atoms with van der Waals surface area (Å²) in [5.74, 6) is -0.529. The van der Waals surface area contributed by atoms with Gasteiger partial charge in [-0.15, -0.1) is 0 Å². The quantitative estimate of drug-likeness (QED) is 0.508. The summed E-state index contributed by atoms with van der Waals surface area (Å²) in [4.78, 5) is 34.0. The number of rotatable bonds is 6. The Balaban J connectivity index is 1.77. The first-order chi connectivity index (χ1) is 17.7. The van der Waals surface area contributed by atoms with Crippen molar-refractivity contribution in [1.82, 2.24) is 19.1 Å². The molecule has 4 rings (SSSR count). The van der Waals surface area contributed by atoms with E-state index in [0.717, 1.165) is 12.1 Å². The number of fused-ring (bicyclic) bond motifs is 1. The van der Waals surface area contributed by atoms with Crippen molar-refractivity contribution in [2.24, 2.45) is 0 Å². The van der Waals surface area contributed by atoms with E-state index in [4.69, 9.17) is 14.2 Å². The van der Waals surface area contributed by atoms with Crippen molar-refractivity contribution in [2.75, 3.05) is 61.1 Å². The third-order valence-corrected chi connectivity index (χ3v) is 8.75. The van der Waals surface area contributed by atoms with Gasteiger partial charge in [0.1, 0.15) is 10.6 Å². The van der Waals surface area contributed by atoms with E-state index in [1.807, 2.05) is 7.05 Å². The van der Waals surface area contributed by atoms with E-state index in [2.05, 4.69) is 9.88 Å². The van der Waals surface area contributed by atoms with Crippen molar-refractivity contribution >= 4 is 21.9 Å². The summed E-state index contributed by atoms with van der Waals surface area (Å²) in [6.07, 6.45) is 2.49. The molecule has 2 aliphatic heterocycles. The molecule has 1 saturated heterocycles. The second kappa shape index (κ2) is 11.0. The fraction of sp³-hybridized carbons (Fsp3) is 0.480. The normalized spacial score (nSPS) is 19.0. The van der Waals surface area contributed by atoms with E-state index in [-0.39, 0.29) is 22.8 Å². The number of benzene rings is 1. The molecule has 0 bridgehead atoms. The van der Waals surface area contributed by atoms with Crippen molar-refractivity contribution < 1.29 is 32.2 Å². The largest absolute Gasteiger partial charge is 0.495 e. The number of likely N-dealkylation sites (N-methyl/N-ethyl adjacent to an activating group) is 1. The Bertz CT molecular complexity index is 1270. The molecular formula is C25H32N4O7S. The van der Waals surface area contributed by atoms with Gasteiger partial charge in [-0.05, 0) is 55.8 Å². The Labute approximate surface area is 217 Å². The SMILES string of the molecule is COC(=O)C1c2cc(S(=O)(=O)N3CCCN(C)CC3)c(OC)cc2CCN1C(=O)c1ccc(OC)nc1. The lowest BCUT2D eigenvalue weighted by Crippen LogP contribution is -2.44. The number of amides is 1. The number of hydrogen-bond donors (Lipinski definition) is 0. The summed E-state index contributed by atoms with van der Waals surface area (Å²) in [5.41, 5.74) is 1.39. The molecule has 12 heteroatoms. The molecule has 11 nitrogen and oxygen atoms in total. The monoisotopic (exact) mass is 532 g/mol. The zero-order chi connectivity index (χ0) is 26.7. The summed E-state index contributed by atoms with van der Waals surface area (Å²) in [6, 6.07) is 5.12. The van der Waals surface area contributed by atoms with E-state index in [1.54, 1.807) is 18.2 Å². The van der Waals surface area contributed by atoms with Gasteiger partial charge >= 0.3 is 5.97 Å². The molecule has 2 aromatic rings. The zero-order valence-corrected chi connectivity index (χ0v) is 22.3. The van der Waals surface area contributed by atoms with Crippen LogP contribution in [0.1, 0.15) is 33.9 Å². The van der Waals surface area contributed by atoms with Crippen molar-refractivity contribution in [1.29, 1.82) is 0 Å². The third-order valence-electron chi connectivity index (χ3n) is 6.83. The highest BCUT2D eigenvalue weighted by Crippen LogP contribution is 2.38. The van der Waals surface area contributed by atoms with Gasteiger partial charge in [-0.3, -0.25) is 4.79 Å². The first-order valence-electron chi connectivity index (χ1n) is 12.0. The molecule has 0 spiro atoms. The first kappa shape index (κ1) is 26.8. The van der Waals surface area contributed by atoms with Crippen LogP contribution in [-0.2, 0) is 26.0 Å². The smallest absolute Gasteiger partial charge is 0.333 e. The molecule has 0 aliphatic carbocycles. The molecular weight excluding hydrogens is 500 g/mol. The maximum Gasteiger partial charge on any atom is 0.333 e. The molecule has 200 valence electrons. The molecule has 2 aliphatic rings. The van der Waals surface area contributed by atoms with Crippen molar-refractivity contribution in [3.63, 3.8) is 0 Å². The summed E-state index contributed by atoms with van der Waals surface area (Å²) < 4.78 is 44.6. The van der Waals surface area contributed by atoms with Crippen LogP contribution in [0.5, 0.6) is 11.6 Å². The molecule has 1 unspecified atom stereocenters. The Morgan fingerprint density at radius 1 is 1.00 bits per heavy atom. The maximum atomic E-state index is 13.8. The van der Waals surface area contributed by atoms with Crippen molar-refractivity contribution in [2.45, 2.75) is 23.8 Å². The minimum absolute atomic E-state index is 0.0346. The highest BCUT2D eigenvalue weighted by molar-refractivity contribution is 7.89. The predicted molar refractivity (Wildman–Crippen MR) is 134 cm³/mol. The fourth-order valence-electron chi connectivity index (χ4n) is 4.77. The van der Waals surface area contributed by atoms with Gasteiger partial charge in [0, 0.05) is 38.4 Å². The third kappa shape index (κ3) is 5.27. The van der Waals surface area contributed by atoms with Gasteiger partial charge in [-0.25, -0.2) is 18.2 Å². The van der Waals surface area contributed by atoms with Crippen LogP contribution in [0.3, 0.4) is 0 Å². The van der Waals surface area contributed by atoms with Gasteiger partial charge in [0.05, 0.1) is 26.9 Å². The molecule has 0 saturated carbocycles. The van der Waals surface area contributed by atoms with E-state index in [0.29, 0.717) is 43.9 Å². The van der Waals surface area contributed by atoms with Gasteiger partial charge < -0.3 is 24.0 Å².